The van der Waals surface area contributed by atoms with E-state index in [9.17, 15) is 19.1 Å². The number of anilines is 2. The summed E-state index contributed by atoms with van der Waals surface area (Å²) in [4.78, 5) is 29.1. The van der Waals surface area contributed by atoms with E-state index < -0.39 is 18.2 Å². The molecule has 8 heteroatoms. The van der Waals surface area contributed by atoms with Gasteiger partial charge in [-0.05, 0) is 36.6 Å². The zero-order valence-electron chi connectivity index (χ0n) is 15.7. The van der Waals surface area contributed by atoms with Crippen molar-refractivity contribution in [2.24, 2.45) is 13.0 Å². The SMILES string of the molecule is Cn1c(-c2cccc3c2CCN3C(=O)O)cc2cc(NC(=O)[C@@H]3C[C@@H]3F)ncc21. The molecule has 0 spiro atoms. The molecule has 1 aliphatic carbocycles. The standard InChI is InChI=1S/C21H19FN4O3/c1-25-17(12-3-2-4-16-13(12)5-6-26(16)21(28)29)7-11-8-19(23-10-18(11)25)24-20(27)14-9-15(14)22/h2-4,7-8,10,14-15H,5-6,9H2,1H3,(H,28,29)(H,23,24,27)/t14-,15+/m1/s1. The molecule has 2 atom stereocenters. The van der Waals surface area contributed by atoms with Gasteiger partial charge in [-0.15, -0.1) is 0 Å². The lowest BCUT2D eigenvalue weighted by molar-refractivity contribution is -0.117. The van der Waals surface area contributed by atoms with E-state index in [0.29, 0.717) is 18.8 Å². The first kappa shape index (κ1) is 17.7. The largest absolute Gasteiger partial charge is 0.465 e. The minimum absolute atomic E-state index is 0.274. The number of fused-ring (bicyclic) bond motifs is 2. The second-order valence-electron chi connectivity index (χ2n) is 7.55. The van der Waals surface area contributed by atoms with E-state index in [0.717, 1.165) is 33.4 Å². The Labute approximate surface area is 165 Å². The maximum absolute atomic E-state index is 13.1. The third-order valence-corrected chi connectivity index (χ3v) is 5.76. The number of halogens is 1. The average Bonchev–Trinajstić information content (AvgIpc) is 3.13. The highest BCUT2D eigenvalue weighted by Crippen LogP contribution is 2.38. The number of aryl methyl sites for hydroxylation is 1. The fraction of sp³-hybridized carbons (Fsp3) is 0.286. The molecular formula is C21H19FN4O3. The van der Waals surface area contributed by atoms with Crippen molar-refractivity contribution in [1.29, 1.82) is 0 Å². The van der Waals surface area contributed by atoms with E-state index in [1.165, 1.54) is 4.90 Å². The highest BCUT2D eigenvalue weighted by molar-refractivity contribution is 5.97. The number of carbonyl (C=O) groups is 2. The number of rotatable bonds is 3. The zero-order valence-corrected chi connectivity index (χ0v) is 15.7. The number of benzene rings is 1. The molecule has 7 nitrogen and oxygen atoms in total. The molecule has 3 heterocycles. The van der Waals surface area contributed by atoms with Crippen molar-refractivity contribution in [2.75, 3.05) is 16.8 Å². The van der Waals surface area contributed by atoms with Gasteiger partial charge >= 0.3 is 6.09 Å². The van der Waals surface area contributed by atoms with Gasteiger partial charge in [0.05, 0.1) is 23.3 Å². The molecule has 148 valence electrons. The second kappa shape index (κ2) is 6.30. The Morgan fingerprint density at radius 3 is 2.83 bits per heavy atom. The van der Waals surface area contributed by atoms with Crippen LogP contribution in [-0.2, 0) is 18.3 Å². The molecule has 2 aromatic heterocycles. The molecule has 0 radical (unpaired) electrons. The van der Waals surface area contributed by atoms with Crippen molar-refractivity contribution >= 4 is 34.4 Å². The van der Waals surface area contributed by atoms with Gasteiger partial charge in [-0.1, -0.05) is 12.1 Å². The molecule has 0 unspecified atom stereocenters. The first-order valence-corrected chi connectivity index (χ1v) is 9.47. The number of nitrogens with zero attached hydrogens (tertiary/aromatic N) is 3. The Kier molecular flexibility index (Phi) is 3.84. The third kappa shape index (κ3) is 2.83. The van der Waals surface area contributed by atoms with Crippen LogP contribution in [0.1, 0.15) is 12.0 Å². The molecule has 1 fully saturated rings. The number of amides is 2. The predicted octanol–water partition coefficient (Wildman–Crippen LogP) is 3.58. The highest BCUT2D eigenvalue weighted by Gasteiger charge is 2.43. The Morgan fingerprint density at radius 2 is 2.10 bits per heavy atom. The summed E-state index contributed by atoms with van der Waals surface area (Å²) in [6.07, 6.45) is 0.614. The van der Waals surface area contributed by atoms with Crippen molar-refractivity contribution in [3.8, 4) is 11.3 Å². The van der Waals surface area contributed by atoms with Gasteiger partial charge in [0, 0.05) is 30.2 Å². The number of carbonyl (C=O) groups excluding carboxylic acids is 1. The van der Waals surface area contributed by atoms with Gasteiger partial charge in [0.15, 0.2) is 0 Å². The van der Waals surface area contributed by atoms with E-state index >= 15 is 0 Å². The number of nitrogens with one attached hydrogen (secondary N) is 1. The van der Waals surface area contributed by atoms with Crippen LogP contribution in [0.3, 0.4) is 0 Å². The Balaban J connectivity index is 1.53. The van der Waals surface area contributed by atoms with Gasteiger partial charge in [-0.25, -0.2) is 14.2 Å². The van der Waals surface area contributed by atoms with Crippen LogP contribution in [0.2, 0.25) is 0 Å². The summed E-state index contributed by atoms with van der Waals surface area (Å²) >= 11 is 0. The van der Waals surface area contributed by atoms with Gasteiger partial charge in [0.2, 0.25) is 5.91 Å². The zero-order chi connectivity index (χ0) is 20.3. The summed E-state index contributed by atoms with van der Waals surface area (Å²) in [6.45, 7) is 0.445. The molecule has 1 aliphatic heterocycles. The van der Waals surface area contributed by atoms with Crippen molar-refractivity contribution in [1.82, 2.24) is 9.55 Å². The van der Waals surface area contributed by atoms with Crippen LogP contribution in [0.25, 0.3) is 22.2 Å². The Bertz CT molecular complexity index is 1170. The lowest BCUT2D eigenvalue weighted by Crippen LogP contribution is -2.26. The summed E-state index contributed by atoms with van der Waals surface area (Å²) < 4.78 is 15.1. The van der Waals surface area contributed by atoms with Crippen LogP contribution >= 0.6 is 0 Å². The van der Waals surface area contributed by atoms with Gasteiger partial charge in [0.25, 0.3) is 0 Å². The maximum Gasteiger partial charge on any atom is 0.411 e. The molecular weight excluding hydrogens is 375 g/mol. The fourth-order valence-corrected chi connectivity index (χ4v) is 4.09. The fourth-order valence-electron chi connectivity index (χ4n) is 4.09. The van der Waals surface area contributed by atoms with Crippen LogP contribution in [-0.4, -0.2) is 39.4 Å². The van der Waals surface area contributed by atoms with Crippen molar-refractivity contribution < 1.29 is 19.1 Å². The lowest BCUT2D eigenvalue weighted by atomic mass is 10.0. The second-order valence-corrected chi connectivity index (χ2v) is 7.55. The molecule has 2 amide bonds. The first-order valence-electron chi connectivity index (χ1n) is 9.47. The van der Waals surface area contributed by atoms with Gasteiger partial charge in [-0.3, -0.25) is 9.69 Å². The number of alkyl halides is 1. The predicted molar refractivity (Wildman–Crippen MR) is 107 cm³/mol. The van der Waals surface area contributed by atoms with E-state index in [1.54, 1.807) is 12.3 Å². The number of pyridine rings is 1. The number of carboxylic acid groups (broad SMARTS) is 1. The van der Waals surface area contributed by atoms with Crippen LogP contribution in [0.4, 0.5) is 20.7 Å². The summed E-state index contributed by atoms with van der Waals surface area (Å²) in [5, 5.41) is 13.0. The third-order valence-electron chi connectivity index (χ3n) is 5.76. The minimum atomic E-state index is -1.05. The molecule has 29 heavy (non-hydrogen) atoms. The Morgan fingerprint density at radius 1 is 1.31 bits per heavy atom. The molecule has 0 bridgehead atoms. The highest BCUT2D eigenvalue weighted by atomic mass is 19.1. The summed E-state index contributed by atoms with van der Waals surface area (Å²) in [5.74, 6) is -0.507. The normalized spacial score (nSPS) is 20.0. The molecule has 1 aromatic carbocycles. The van der Waals surface area contributed by atoms with Gasteiger partial charge < -0.3 is 15.0 Å². The number of hydrogen-bond donors (Lipinski definition) is 2. The topological polar surface area (TPSA) is 87.5 Å². The Hall–Kier alpha value is -3.42. The van der Waals surface area contributed by atoms with E-state index in [1.807, 2.05) is 35.9 Å². The monoisotopic (exact) mass is 394 g/mol. The van der Waals surface area contributed by atoms with Gasteiger partial charge in [0.1, 0.15) is 12.0 Å². The van der Waals surface area contributed by atoms with Crippen LogP contribution in [0.5, 0.6) is 0 Å². The molecule has 3 aromatic rings. The molecule has 0 saturated heterocycles. The summed E-state index contributed by atoms with van der Waals surface area (Å²) in [7, 11) is 1.93. The van der Waals surface area contributed by atoms with Gasteiger partial charge in [-0.2, -0.15) is 0 Å². The van der Waals surface area contributed by atoms with E-state index in [4.69, 9.17) is 0 Å². The first-order chi connectivity index (χ1) is 13.9. The van der Waals surface area contributed by atoms with Crippen LogP contribution < -0.4 is 10.2 Å². The maximum atomic E-state index is 13.1. The van der Waals surface area contributed by atoms with E-state index in [-0.39, 0.29) is 12.3 Å². The molecule has 2 aliphatic rings. The van der Waals surface area contributed by atoms with Crippen LogP contribution in [0.15, 0.2) is 36.5 Å². The average molecular weight is 394 g/mol. The molecule has 2 N–H and O–H groups in total. The summed E-state index contributed by atoms with van der Waals surface area (Å²) in [6, 6.07) is 9.46. The van der Waals surface area contributed by atoms with E-state index in [2.05, 4.69) is 10.3 Å². The molecule has 1 saturated carbocycles. The number of hydrogen-bond acceptors (Lipinski definition) is 3. The lowest BCUT2D eigenvalue weighted by Gasteiger charge is -2.14. The van der Waals surface area contributed by atoms with Crippen LogP contribution in [0, 0.1) is 5.92 Å². The van der Waals surface area contributed by atoms with Crippen molar-refractivity contribution in [3.63, 3.8) is 0 Å². The number of aromatic nitrogens is 2. The summed E-state index contributed by atoms with van der Waals surface area (Å²) in [5.41, 5.74) is 4.54. The quantitative estimate of drug-likeness (QED) is 0.711. The van der Waals surface area contributed by atoms with Crippen molar-refractivity contribution in [3.05, 3.63) is 42.1 Å². The minimum Gasteiger partial charge on any atom is -0.465 e. The molecule has 5 rings (SSSR count). The van der Waals surface area contributed by atoms with Crippen molar-refractivity contribution in [2.45, 2.75) is 19.0 Å². The smallest absolute Gasteiger partial charge is 0.411 e.